The average molecular weight is 406 g/mol. The molecule has 1 aliphatic heterocycles. The third kappa shape index (κ3) is 4.33. The first kappa shape index (κ1) is 21.1. The fourth-order valence-electron chi connectivity index (χ4n) is 4.26. The maximum Gasteiger partial charge on any atom is 0.316 e. The number of hydrogen-bond donors (Lipinski definition) is 0. The van der Waals surface area contributed by atoms with E-state index in [1.54, 1.807) is 6.92 Å². The Morgan fingerprint density at radius 2 is 1.79 bits per heavy atom. The van der Waals surface area contributed by atoms with Gasteiger partial charge in [0.25, 0.3) is 0 Å². The van der Waals surface area contributed by atoms with Gasteiger partial charge in [-0.05, 0) is 50.0 Å². The summed E-state index contributed by atoms with van der Waals surface area (Å²) in [4.78, 5) is 13.3. The molecule has 1 saturated heterocycles. The molecule has 2 unspecified atom stereocenters. The number of ether oxygens (including phenoxy) is 1. The summed E-state index contributed by atoms with van der Waals surface area (Å²) >= 11 is 0. The minimum absolute atomic E-state index is 0.0862. The molecule has 2 aliphatic rings. The first-order valence-corrected chi connectivity index (χ1v) is 11.9. The highest BCUT2D eigenvalue weighted by molar-refractivity contribution is 7.89. The fraction of sp³-hybridized carbons (Fsp3) is 0.591. The molecule has 6 heteroatoms. The van der Waals surface area contributed by atoms with Crippen molar-refractivity contribution in [1.82, 2.24) is 4.31 Å². The first-order valence-electron chi connectivity index (χ1n) is 10.2. The zero-order chi connectivity index (χ0) is 20.2. The monoisotopic (exact) mass is 405 g/mol. The van der Waals surface area contributed by atoms with Crippen LogP contribution in [0.1, 0.15) is 45.1 Å². The Balaban J connectivity index is 1.77. The summed E-state index contributed by atoms with van der Waals surface area (Å²) in [5, 5.41) is 0. The Morgan fingerprint density at radius 1 is 1.14 bits per heavy atom. The highest BCUT2D eigenvalue weighted by Gasteiger charge is 2.46. The Hall–Kier alpha value is -1.66. The molecule has 0 bridgehead atoms. The maximum atomic E-state index is 13.3. The van der Waals surface area contributed by atoms with Gasteiger partial charge in [-0.25, -0.2) is 12.7 Å². The molecule has 0 aromatic heterocycles. The molecule has 1 aromatic rings. The molecule has 3 rings (SSSR count). The van der Waals surface area contributed by atoms with Crippen LogP contribution in [0.25, 0.3) is 0 Å². The smallest absolute Gasteiger partial charge is 0.316 e. The van der Waals surface area contributed by atoms with Crippen LogP contribution in [-0.4, -0.2) is 44.1 Å². The van der Waals surface area contributed by atoms with Gasteiger partial charge < -0.3 is 4.74 Å². The van der Waals surface area contributed by atoms with E-state index in [0.717, 1.165) is 18.4 Å². The van der Waals surface area contributed by atoms with Crippen LogP contribution in [0.4, 0.5) is 0 Å². The summed E-state index contributed by atoms with van der Waals surface area (Å²) in [6.07, 6.45) is 7.23. The number of sulfonamides is 1. The molecule has 0 amide bonds. The first-order chi connectivity index (χ1) is 13.4. The predicted octanol–water partition coefficient (Wildman–Crippen LogP) is 3.52. The lowest BCUT2D eigenvalue weighted by atomic mass is 9.73. The molecular weight excluding hydrogens is 374 g/mol. The predicted molar refractivity (Wildman–Crippen MR) is 110 cm³/mol. The summed E-state index contributed by atoms with van der Waals surface area (Å²) in [6, 6.07) is 9.69. The number of rotatable bonds is 6. The van der Waals surface area contributed by atoms with Crippen LogP contribution in [0.5, 0.6) is 0 Å². The Kier molecular flexibility index (Phi) is 6.61. The molecule has 2 atom stereocenters. The molecule has 5 nitrogen and oxygen atoms in total. The van der Waals surface area contributed by atoms with Crippen molar-refractivity contribution in [2.75, 3.05) is 25.4 Å². The second-order valence-corrected chi connectivity index (χ2v) is 10.3. The summed E-state index contributed by atoms with van der Waals surface area (Å²) < 4.78 is 31.9. The minimum atomic E-state index is -3.24. The van der Waals surface area contributed by atoms with Crippen LogP contribution >= 0.6 is 0 Å². The van der Waals surface area contributed by atoms with Crippen LogP contribution in [0, 0.1) is 11.8 Å². The third-order valence-corrected chi connectivity index (χ3v) is 8.28. The van der Waals surface area contributed by atoms with Gasteiger partial charge in [0.2, 0.25) is 10.0 Å². The molecule has 1 aromatic carbocycles. The van der Waals surface area contributed by atoms with E-state index >= 15 is 0 Å². The van der Waals surface area contributed by atoms with Crippen LogP contribution in [0.15, 0.2) is 42.5 Å². The van der Waals surface area contributed by atoms with E-state index in [-0.39, 0.29) is 11.7 Å². The number of hydrogen-bond acceptors (Lipinski definition) is 4. The van der Waals surface area contributed by atoms with E-state index in [1.165, 1.54) is 4.31 Å². The molecule has 0 radical (unpaired) electrons. The van der Waals surface area contributed by atoms with Crippen molar-refractivity contribution in [1.29, 1.82) is 0 Å². The lowest BCUT2D eigenvalue weighted by molar-refractivity contribution is -0.154. The fourth-order valence-corrected chi connectivity index (χ4v) is 5.36. The Morgan fingerprint density at radius 3 is 2.39 bits per heavy atom. The van der Waals surface area contributed by atoms with Crippen molar-refractivity contribution >= 4 is 16.0 Å². The van der Waals surface area contributed by atoms with Gasteiger partial charge in [0, 0.05) is 13.1 Å². The summed E-state index contributed by atoms with van der Waals surface area (Å²) in [7, 11) is -3.24. The van der Waals surface area contributed by atoms with Crippen molar-refractivity contribution in [3.63, 3.8) is 0 Å². The van der Waals surface area contributed by atoms with Crippen molar-refractivity contribution in [3.05, 3.63) is 48.0 Å². The number of allylic oxidation sites excluding steroid dienone is 2. The molecule has 0 spiro atoms. The van der Waals surface area contributed by atoms with Gasteiger partial charge >= 0.3 is 5.97 Å². The number of benzene rings is 1. The van der Waals surface area contributed by atoms with Gasteiger partial charge in [-0.1, -0.05) is 49.4 Å². The standard InChI is InChI=1S/C22H31NO4S/c1-3-28(25,26)23-15-13-22(14-16-23,20-11-5-4-6-12-20)21(24)27-17-19-10-8-7-9-18(19)2/h4-8,11-12,18-19H,3,9-10,13-17H2,1-2H3. The molecule has 1 aliphatic carbocycles. The van der Waals surface area contributed by atoms with E-state index in [2.05, 4.69) is 19.1 Å². The van der Waals surface area contributed by atoms with E-state index in [0.29, 0.717) is 44.4 Å². The number of esters is 1. The quantitative estimate of drug-likeness (QED) is 0.537. The maximum absolute atomic E-state index is 13.3. The number of carbonyl (C=O) groups is 1. The minimum Gasteiger partial charge on any atom is -0.465 e. The van der Waals surface area contributed by atoms with Gasteiger partial charge in [-0.2, -0.15) is 0 Å². The van der Waals surface area contributed by atoms with Gasteiger partial charge in [0.15, 0.2) is 0 Å². The normalized spacial score (nSPS) is 25.4. The second-order valence-electron chi connectivity index (χ2n) is 8.03. The highest BCUT2D eigenvalue weighted by Crippen LogP contribution is 2.38. The third-order valence-electron chi connectivity index (χ3n) is 6.40. The Bertz CT molecular complexity index is 795. The Labute approximate surface area is 168 Å². The number of piperidine rings is 1. The van der Waals surface area contributed by atoms with E-state index < -0.39 is 15.4 Å². The summed E-state index contributed by atoms with van der Waals surface area (Å²) in [5.41, 5.74) is 0.152. The largest absolute Gasteiger partial charge is 0.465 e. The van der Waals surface area contributed by atoms with Crippen LogP contribution < -0.4 is 0 Å². The lowest BCUT2D eigenvalue weighted by Crippen LogP contribution is -2.50. The molecule has 0 saturated carbocycles. The van der Waals surface area contributed by atoms with Gasteiger partial charge in [0.1, 0.15) is 0 Å². The zero-order valence-corrected chi connectivity index (χ0v) is 17.7. The average Bonchev–Trinajstić information content (AvgIpc) is 2.73. The van der Waals surface area contributed by atoms with Crippen molar-refractivity contribution < 1.29 is 17.9 Å². The van der Waals surface area contributed by atoms with Crippen LogP contribution in [0.3, 0.4) is 0 Å². The van der Waals surface area contributed by atoms with Crippen LogP contribution in [0.2, 0.25) is 0 Å². The van der Waals surface area contributed by atoms with E-state index in [9.17, 15) is 13.2 Å². The SMILES string of the molecule is CCS(=O)(=O)N1CCC(C(=O)OCC2CC=CCC2C)(c2ccccc2)CC1. The molecule has 28 heavy (non-hydrogen) atoms. The molecule has 154 valence electrons. The summed E-state index contributed by atoms with van der Waals surface area (Å²) in [5.74, 6) is 0.724. The van der Waals surface area contributed by atoms with Crippen molar-refractivity contribution in [2.24, 2.45) is 11.8 Å². The number of nitrogens with zero attached hydrogens (tertiary/aromatic N) is 1. The molecule has 1 fully saturated rings. The highest BCUT2D eigenvalue weighted by atomic mass is 32.2. The van der Waals surface area contributed by atoms with E-state index in [4.69, 9.17) is 4.74 Å². The van der Waals surface area contributed by atoms with Crippen molar-refractivity contribution in [2.45, 2.75) is 44.9 Å². The second kappa shape index (κ2) is 8.78. The van der Waals surface area contributed by atoms with Gasteiger partial charge in [-0.15, -0.1) is 0 Å². The molecule has 1 heterocycles. The lowest BCUT2D eigenvalue weighted by Gasteiger charge is -2.40. The topological polar surface area (TPSA) is 63.7 Å². The zero-order valence-electron chi connectivity index (χ0n) is 16.8. The van der Waals surface area contributed by atoms with E-state index in [1.807, 2.05) is 30.3 Å². The molecule has 0 N–H and O–H groups in total. The number of carbonyl (C=O) groups excluding carboxylic acids is 1. The molecular formula is C22H31NO4S. The van der Waals surface area contributed by atoms with Crippen LogP contribution in [-0.2, 0) is 25.0 Å². The van der Waals surface area contributed by atoms with Gasteiger partial charge in [0.05, 0.1) is 17.8 Å². The van der Waals surface area contributed by atoms with Gasteiger partial charge in [-0.3, -0.25) is 4.79 Å². The van der Waals surface area contributed by atoms with Crippen molar-refractivity contribution in [3.8, 4) is 0 Å². The summed E-state index contributed by atoms with van der Waals surface area (Å²) in [6.45, 7) is 4.98.